The van der Waals surface area contributed by atoms with Crippen LogP contribution in [0.4, 0.5) is 0 Å². The van der Waals surface area contributed by atoms with E-state index in [1.807, 2.05) is 27.2 Å². The van der Waals surface area contributed by atoms with E-state index < -0.39 is 26.6 Å². The molecule has 0 spiro atoms. The topological polar surface area (TPSA) is 108 Å². The molecule has 0 heterocycles. The highest BCUT2D eigenvalue weighted by Crippen LogP contribution is 2.38. The largest absolute Gasteiger partial charge is 0.756 e. The Balaban J connectivity index is 4.21. The van der Waals surface area contributed by atoms with Crippen LogP contribution in [0, 0.1) is 0 Å². The summed E-state index contributed by atoms with van der Waals surface area (Å²) < 4.78 is 23.4. The monoisotopic (exact) mass is 1150 g/mol. The van der Waals surface area contributed by atoms with Crippen LogP contribution in [-0.2, 0) is 18.4 Å². The maximum Gasteiger partial charge on any atom is 0.268 e. The minimum Gasteiger partial charge on any atom is -0.756 e. The average molecular weight is 1150 g/mol. The summed E-state index contributed by atoms with van der Waals surface area (Å²) in [6.45, 7) is 4.52. The van der Waals surface area contributed by atoms with Crippen molar-refractivity contribution in [2.24, 2.45) is 0 Å². The second-order valence-corrected chi connectivity index (χ2v) is 25.2. The van der Waals surface area contributed by atoms with Crippen LogP contribution in [0.25, 0.3) is 0 Å². The summed E-state index contributed by atoms with van der Waals surface area (Å²) >= 11 is 0. The molecule has 0 radical (unpaired) electrons. The first-order valence-corrected chi connectivity index (χ1v) is 35.2. The van der Waals surface area contributed by atoms with Crippen LogP contribution in [0.15, 0.2) is 109 Å². The minimum absolute atomic E-state index is 0.0149. The smallest absolute Gasteiger partial charge is 0.268 e. The zero-order valence-electron chi connectivity index (χ0n) is 53.5. The van der Waals surface area contributed by atoms with Crippen LogP contribution in [-0.4, -0.2) is 68.5 Å². The molecule has 1 amide bonds. The molecule has 0 saturated heterocycles. The number of hydrogen-bond acceptors (Lipinski definition) is 6. The summed E-state index contributed by atoms with van der Waals surface area (Å²) in [5.41, 5.74) is 0. The number of amides is 1. The summed E-state index contributed by atoms with van der Waals surface area (Å²) in [5.74, 6) is -0.218. The lowest BCUT2D eigenvalue weighted by Crippen LogP contribution is -2.45. The van der Waals surface area contributed by atoms with E-state index in [0.29, 0.717) is 17.4 Å². The molecule has 0 fully saturated rings. The van der Waals surface area contributed by atoms with Gasteiger partial charge in [-0.25, -0.2) is 0 Å². The molecule has 0 aromatic carbocycles. The maximum atomic E-state index is 13.0. The third-order valence-electron chi connectivity index (χ3n) is 14.7. The molecule has 8 nitrogen and oxygen atoms in total. The predicted octanol–water partition coefficient (Wildman–Crippen LogP) is 20.9. The lowest BCUT2D eigenvalue weighted by molar-refractivity contribution is -0.870. The lowest BCUT2D eigenvalue weighted by atomic mass is 10.0. The minimum atomic E-state index is -4.62. The van der Waals surface area contributed by atoms with Crippen molar-refractivity contribution in [3.63, 3.8) is 0 Å². The van der Waals surface area contributed by atoms with E-state index in [2.05, 4.69) is 116 Å². The first kappa shape index (κ1) is 78.2. The summed E-state index contributed by atoms with van der Waals surface area (Å²) in [4.78, 5) is 25.6. The summed E-state index contributed by atoms with van der Waals surface area (Å²) in [7, 11) is 1.22. The number of aliphatic hydroxyl groups is 1. The van der Waals surface area contributed by atoms with E-state index in [9.17, 15) is 19.4 Å². The van der Waals surface area contributed by atoms with Gasteiger partial charge < -0.3 is 28.8 Å². The van der Waals surface area contributed by atoms with Crippen LogP contribution >= 0.6 is 7.82 Å². The molecule has 0 aliphatic heterocycles. The average Bonchev–Trinajstić information content (AvgIpc) is 3.43. The third-order valence-corrected chi connectivity index (χ3v) is 15.7. The number of allylic oxidation sites excluding steroid dienone is 17. The molecule has 0 bridgehead atoms. The summed E-state index contributed by atoms with van der Waals surface area (Å²) in [6, 6.07) is -0.922. The van der Waals surface area contributed by atoms with E-state index in [1.165, 1.54) is 180 Å². The van der Waals surface area contributed by atoms with Crippen molar-refractivity contribution in [2.75, 3.05) is 40.9 Å². The molecule has 468 valence electrons. The number of rotatable bonds is 61. The first-order chi connectivity index (χ1) is 39.5. The molecular formula is C72H129N2O6P. The zero-order valence-corrected chi connectivity index (χ0v) is 54.4. The first-order valence-electron chi connectivity index (χ1n) is 33.7. The van der Waals surface area contributed by atoms with E-state index in [4.69, 9.17) is 9.05 Å². The number of carbonyl (C=O) groups excluding carboxylic acids is 1. The van der Waals surface area contributed by atoms with Crippen molar-refractivity contribution in [1.29, 1.82) is 0 Å². The molecule has 0 aliphatic rings. The molecule has 0 aromatic heterocycles. The van der Waals surface area contributed by atoms with E-state index in [1.54, 1.807) is 6.08 Å². The number of likely N-dealkylation sites (N-methyl/N-ethyl adjacent to an activating group) is 1. The van der Waals surface area contributed by atoms with Crippen molar-refractivity contribution < 1.29 is 32.9 Å². The highest BCUT2D eigenvalue weighted by atomic mass is 31.2. The van der Waals surface area contributed by atoms with Gasteiger partial charge in [-0.15, -0.1) is 0 Å². The Kier molecular flexibility index (Phi) is 59.5. The number of quaternary nitrogens is 1. The van der Waals surface area contributed by atoms with Gasteiger partial charge in [-0.05, 0) is 96.3 Å². The molecule has 3 atom stereocenters. The third kappa shape index (κ3) is 64.6. The van der Waals surface area contributed by atoms with Crippen LogP contribution < -0.4 is 10.2 Å². The second-order valence-electron chi connectivity index (χ2n) is 23.8. The molecular weight excluding hydrogens is 1020 g/mol. The SMILES string of the molecule is CC/C=C\C/C=C\C/C=C\C/C=C\C/C=C\C/C=C\CCCCCCCCCCCCC(=O)NC(COP(=O)([O-])OCC[N+](C)(C)C)C(O)/C=C/CC/C=C/CC/C=C/CCCCCCCCCCCCCCCCCCCCCC. The number of nitrogens with zero attached hydrogens (tertiary/aromatic N) is 1. The number of phosphoric acid groups is 1. The van der Waals surface area contributed by atoms with Gasteiger partial charge in [0.25, 0.3) is 7.82 Å². The van der Waals surface area contributed by atoms with Gasteiger partial charge >= 0.3 is 0 Å². The fraction of sp³-hybridized carbons (Fsp3) is 0.736. The van der Waals surface area contributed by atoms with Crippen LogP contribution in [0.2, 0.25) is 0 Å². The Morgan fingerprint density at radius 1 is 0.444 bits per heavy atom. The summed E-state index contributed by atoms with van der Waals surface area (Å²) in [5, 5.41) is 13.9. The highest BCUT2D eigenvalue weighted by molar-refractivity contribution is 7.45. The van der Waals surface area contributed by atoms with Crippen LogP contribution in [0.1, 0.15) is 290 Å². The van der Waals surface area contributed by atoms with Gasteiger partial charge in [0.2, 0.25) is 5.91 Å². The van der Waals surface area contributed by atoms with Crippen molar-refractivity contribution in [2.45, 2.75) is 302 Å². The maximum absolute atomic E-state index is 13.0. The Labute approximate surface area is 501 Å². The van der Waals surface area contributed by atoms with Crippen molar-refractivity contribution in [3.05, 3.63) is 109 Å². The molecule has 0 aromatic rings. The van der Waals surface area contributed by atoms with E-state index in [0.717, 1.165) is 89.9 Å². The molecule has 81 heavy (non-hydrogen) atoms. The van der Waals surface area contributed by atoms with Crippen molar-refractivity contribution >= 4 is 13.7 Å². The van der Waals surface area contributed by atoms with Gasteiger partial charge in [-0.2, -0.15) is 0 Å². The fourth-order valence-electron chi connectivity index (χ4n) is 9.48. The van der Waals surface area contributed by atoms with Gasteiger partial charge in [-0.3, -0.25) is 9.36 Å². The van der Waals surface area contributed by atoms with E-state index in [-0.39, 0.29) is 12.5 Å². The van der Waals surface area contributed by atoms with Crippen LogP contribution in [0.5, 0.6) is 0 Å². The van der Waals surface area contributed by atoms with Gasteiger partial charge in [0.05, 0.1) is 39.9 Å². The molecule has 0 rings (SSSR count). The molecule has 0 aliphatic carbocycles. The normalized spacial score (nSPS) is 14.4. The van der Waals surface area contributed by atoms with Crippen LogP contribution in [0.3, 0.4) is 0 Å². The number of nitrogens with one attached hydrogen (secondary N) is 1. The number of hydrogen-bond donors (Lipinski definition) is 2. The van der Waals surface area contributed by atoms with Gasteiger partial charge in [-0.1, -0.05) is 297 Å². The lowest BCUT2D eigenvalue weighted by Gasteiger charge is -2.29. The fourth-order valence-corrected chi connectivity index (χ4v) is 10.2. The highest BCUT2D eigenvalue weighted by Gasteiger charge is 2.23. The number of carbonyl (C=O) groups is 1. The standard InChI is InChI=1S/C72H129N2O6P/c1-6-8-10-12-14-16-18-20-22-24-26-28-30-32-34-36-38-39-41-43-45-47-49-51-53-55-57-59-61-63-65-71(75)70(69-80-81(77,78)79-68-67-74(3,4)5)73-72(76)66-64-62-60-58-56-54-52-50-48-46-44-42-40-37-35-33-31-29-27-25-23-21-19-17-15-13-11-9-7-2/h9,11,15,17,21,23,27,29,33,35,40,42,47,49,55,57,63,65,70-71,75H,6-8,10,12-14,16,18-20,22,24-26,28,30-32,34,36-39,41,43-46,48,50-54,56,58-62,64,66-69H2,1-5H3,(H-,73,76,77,78)/b11-9-,17-15-,23-21-,29-27-,35-33-,42-40-,49-47+,57-55+,65-63+. The Morgan fingerprint density at radius 2 is 0.765 bits per heavy atom. The van der Waals surface area contributed by atoms with Gasteiger partial charge in [0.1, 0.15) is 13.2 Å². The number of aliphatic hydroxyl groups excluding tert-OH is 1. The number of unbranched alkanes of at least 4 members (excludes halogenated alkanes) is 32. The summed E-state index contributed by atoms with van der Waals surface area (Å²) in [6.07, 6.45) is 90.6. The molecule has 0 saturated carbocycles. The Hall–Kier alpha value is -2.84. The number of phosphoric ester groups is 1. The van der Waals surface area contributed by atoms with Crippen molar-refractivity contribution in [3.8, 4) is 0 Å². The second kappa shape index (κ2) is 61.7. The zero-order chi connectivity index (χ0) is 59.1. The Bertz CT molecular complexity index is 1690. The van der Waals surface area contributed by atoms with Gasteiger partial charge in [0.15, 0.2) is 0 Å². The quantitative estimate of drug-likeness (QED) is 0.0272. The predicted molar refractivity (Wildman–Crippen MR) is 352 cm³/mol. The van der Waals surface area contributed by atoms with E-state index >= 15 is 0 Å². The molecule has 2 N–H and O–H groups in total. The Morgan fingerprint density at radius 3 is 1.15 bits per heavy atom. The van der Waals surface area contributed by atoms with Crippen molar-refractivity contribution in [1.82, 2.24) is 5.32 Å². The molecule has 9 heteroatoms. The van der Waals surface area contributed by atoms with Gasteiger partial charge in [0, 0.05) is 6.42 Å². The molecule has 3 unspecified atom stereocenters.